The van der Waals surface area contributed by atoms with Gasteiger partial charge in [0.05, 0.1) is 0 Å². The second kappa shape index (κ2) is 8.89. The molecule has 0 spiro atoms. The third-order valence-corrected chi connectivity index (χ3v) is 3.86. The summed E-state index contributed by atoms with van der Waals surface area (Å²) in [4.78, 5) is 0. The first kappa shape index (κ1) is 17.9. The zero-order valence-corrected chi connectivity index (χ0v) is 14.1. The van der Waals surface area contributed by atoms with Crippen LogP contribution >= 0.6 is 0 Å². The molecule has 2 atom stereocenters. The van der Waals surface area contributed by atoms with Crippen LogP contribution in [0.1, 0.15) is 52.9 Å². The van der Waals surface area contributed by atoms with Crippen molar-refractivity contribution in [3.05, 3.63) is 12.7 Å². The molecule has 0 aliphatic rings. The van der Waals surface area contributed by atoms with Gasteiger partial charge in [-0.15, -0.1) is 6.58 Å². The third-order valence-electron chi connectivity index (χ3n) is 3.04. The Morgan fingerprint density at radius 2 is 1.89 bits per heavy atom. The molecule has 108 valence electrons. The predicted molar refractivity (Wildman–Crippen MR) is 82.2 cm³/mol. The van der Waals surface area contributed by atoms with E-state index >= 15 is 0 Å². The largest absolute Gasteiger partial charge is 0.396 e. The number of aliphatic hydroxyl groups is 1. The van der Waals surface area contributed by atoms with Crippen molar-refractivity contribution in [3.63, 3.8) is 0 Å². The Hall–Kier alpha value is -0.123. The molecule has 0 aliphatic heterocycles. The highest BCUT2D eigenvalue weighted by atomic mass is 28.3. The normalized spacial score (nSPS) is 15.7. The van der Waals surface area contributed by atoms with Crippen LogP contribution in [0.4, 0.5) is 0 Å². The maximum Gasteiger partial charge on any atom is 0.174 e. The first-order valence-electron chi connectivity index (χ1n) is 7.20. The number of hydrogen-bond acceptors (Lipinski definition) is 2. The Morgan fingerprint density at radius 1 is 1.28 bits per heavy atom. The lowest BCUT2D eigenvalue weighted by atomic mass is 9.88. The van der Waals surface area contributed by atoms with Gasteiger partial charge in [-0.25, -0.2) is 0 Å². The highest BCUT2D eigenvalue weighted by Crippen LogP contribution is 2.25. The van der Waals surface area contributed by atoms with Crippen LogP contribution in [0, 0.1) is 11.3 Å². The summed E-state index contributed by atoms with van der Waals surface area (Å²) >= 11 is 0. The monoisotopic (exact) mass is 272 g/mol. The summed E-state index contributed by atoms with van der Waals surface area (Å²) in [5, 5.41) is 10.0. The van der Waals surface area contributed by atoms with Gasteiger partial charge in [-0.1, -0.05) is 39.7 Å². The smallest absolute Gasteiger partial charge is 0.174 e. The molecule has 1 unspecified atom stereocenters. The molecule has 0 saturated heterocycles. The molecule has 0 bridgehead atoms. The Kier molecular flexibility index (Phi) is 8.83. The van der Waals surface area contributed by atoms with Crippen LogP contribution in [0.3, 0.4) is 0 Å². The zero-order valence-electron chi connectivity index (χ0n) is 12.9. The summed E-state index contributed by atoms with van der Waals surface area (Å²) < 4.78 is 5.61. The molecule has 0 rings (SSSR count). The second-order valence-corrected chi connectivity index (χ2v) is 9.04. The summed E-state index contributed by atoms with van der Waals surface area (Å²) in [6.45, 7) is 14.8. The van der Waals surface area contributed by atoms with Gasteiger partial charge in [-0.05, 0) is 37.8 Å². The number of aliphatic hydroxyl groups excluding tert-OH is 1. The van der Waals surface area contributed by atoms with E-state index in [1.807, 2.05) is 6.08 Å². The van der Waals surface area contributed by atoms with Crippen LogP contribution in [-0.4, -0.2) is 20.4 Å². The van der Waals surface area contributed by atoms with Crippen molar-refractivity contribution in [2.45, 2.75) is 72.3 Å². The molecule has 0 amide bonds. The summed E-state index contributed by atoms with van der Waals surface area (Å²) in [6.07, 6.45) is 6.80. The van der Waals surface area contributed by atoms with Crippen molar-refractivity contribution >= 4 is 9.04 Å². The molecule has 0 aromatic carbocycles. The van der Waals surface area contributed by atoms with Crippen LogP contribution < -0.4 is 0 Å². The van der Waals surface area contributed by atoms with Gasteiger partial charge in [0, 0.05) is 5.92 Å². The molecular formula is C15H32O2Si. The fourth-order valence-corrected chi connectivity index (χ4v) is 2.82. The van der Waals surface area contributed by atoms with Gasteiger partial charge in [0.1, 0.15) is 6.29 Å². The van der Waals surface area contributed by atoms with E-state index < -0.39 is 15.3 Å². The Morgan fingerprint density at radius 3 is 2.33 bits per heavy atom. The topological polar surface area (TPSA) is 29.5 Å². The van der Waals surface area contributed by atoms with E-state index in [4.69, 9.17) is 4.43 Å². The molecule has 0 radical (unpaired) electrons. The van der Waals surface area contributed by atoms with Gasteiger partial charge >= 0.3 is 0 Å². The lowest BCUT2D eigenvalue weighted by Crippen LogP contribution is -2.28. The average Bonchev–Trinajstić information content (AvgIpc) is 2.20. The highest BCUT2D eigenvalue weighted by molar-refractivity contribution is 6.48. The fraction of sp³-hybridized carbons (Fsp3) is 0.867. The third kappa shape index (κ3) is 9.86. The predicted octanol–water partition coefficient (Wildman–Crippen LogP) is 4.10. The van der Waals surface area contributed by atoms with E-state index in [-0.39, 0.29) is 5.92 Å². The minimum atomic E-state index is -1.16. The van der Waals surface area contributed by atoms with E-state index in [1.165, 1.54) is 12.8 Å². The SMILES string of the molecule is C=CC[C@@H](CCCCC(C)(C)C)C(O)O[SiH](C)C. The molecule has 18 heavy (non-hydrogen) atoms. The molecule has 0 saturated carbocycles. The van der Waals surface area contributed by atoms with Crippen molar-refractivity contribution in [1.82, 2.24) is 0 Å². The van der Waals surface area contributed by atoms with Crippen LogP contribution in [0.25, 0.3) is 0 Å². The average molecular weight is 273 g/mol. The first-order valence-corrected chi connectivity index (χ1v) is 9.98. The number of allylic oxidation sites excluding steroid dienone is 1. The molecule has 0 aromatic rings. The van der Waals surface area contributed by atoms with E-state index in [2.05, 4.69) is 40.4 Å². The standard InChI is InChI=1S/C15H32O2Si/c1-7-10-13(14(16)17-18(5)6)11-8-9-12-15(2,3)4/h7,13-14,16,18H,1,8-12H2,2-6H3/t13-,14?/m0/s1. The number of unbranched alkanes of at least 4 members (excludes halogenated alkanes) is 1. The molecule has 0 aliphatic carbocycles. The lowest BCUT2D eigenvalue weighted by molar-refractivity contribution is -0.0665. The molecule has 0 fully saturated rings. The van der Waals surface area contributed by atoms with Crippen LogP contribution in [0.2, 0.25) is 13.1 Å². The second-order valence-electron chi connectivity index (χ2n) is 6.67. The zero-order chi connectivity index (χ0) is 14.2. The lowest BCUT2D eigenvalue weighted by Gasteiger charge is -2.24. The highest BCUT2D eigenvalue weighted by Gasteiger charge is 2.19. The van der Waals surface area contributed by atoms with E-state index in [0.29, 0.717) is 5.41 Å². The Labute approximate surface area is 115 Å². The summed E-state index contributed by atoms with van der Waals surface area (Å²) in [5.74, 6) is 0.220. The molecule has 2 nitrogen and oxygen atoms in total. The van der Waals surface area contributed by atoms with Crippen molar-refractivity contribution < 1.29 is 9.53 Å². The molecular weight excluding hydrogens is 240 g/mol. The first-order chi connectivity index (χ1) is 8.26. The minimum Gasteiger partial charge on any atom is -0.396 e. The molecule has 1 N–H and O–H groups in total. The number of hydrogen-bond donors (Lipinski definition) is 1. The van der Waals surface area contributed by atoms with Crippen LogP contribution in [0.5, 0.6) is 0 Å². The maximum atomic E-state index is 10.0. The molecule has 3 heteroatoms. The van der Waals surface area contributed by atoms with Gasteiger partial charge in [-0.3, -0.25) is 0 Å². The van der Waals surface area contributed by atoms with Gasteiger partial charge in [-0.2, -0.15) is 0 Å². The van der Waals surface area contributed by atoms with Crippen molar-refractivity contribution in [2.75, 3.05) is 0 Å². The minimum absolute atomic E-state index is 0.220. The molecule has 0 aromatic heterocycles. The van der Waals surface area contributed by atoms with Gasteiger partial charge in [0.15, 0.2) is 9.04 Å². The van der Waals surface area contributed by atoms with E-state index in [9.17, 15) is 5.11 Å². The maximum absolute atomic E-state index is 10.0. The van der Waals surface area contributed by atoms with Gasteiger partial charge in [0.2, 0.25) is 0 Å². The van der Waals surface area contributed by atoms with E-state index in [0.717, 1.165) is 19.3 Å². The Bertz CT molecular complexity index is 221. The summed E-state index contributed by atoms with van der Waals surface area (Å²) in [6, 6.07) is 0. The van der Waals surface area contributed by atoms with Gasteiger partial charge < -0.3 is 9.53 Å². The quantitative estimate of drug-likeness (QED) is 0.296. The van der Waals surface area contributed by atoms with E-state index in [1.54, 1.807) is 0 Å². The van der Waals surface area contributed by atoms with Crippen molar-refractivity contribution in [1.29, 1.82) is 0 Å². The van der Waals surface area contributed by atoms with Crippen LogP contribution in [-0.2, 0) is 4.43 Å². The van der Waals surface area contributed by atoms with Crippen LogP contribution in [0.15, 0.2) is 12.7 Å². The van der Waals surface area contributed by atoms with Crippen molar-refractivity contribution in [2.24, 2.45) is 11.3 Å². The fourth-order valence-electron chi connectivity index (χ4n) is 2.04. The summed E-state index contributed by atoms with van der Waals surface area (Å²) in [7, 11) is -1.16. The summed E-state index contributed by atoms with van der Waals surface area (Å²) in [5.41, 5.74) is 0.411. The Balaban J connectivity index is 4.00. The molecule has 0 heterocycles. The number of rotatable bonds is 9. The van der Waals surface area contributed by atoms with Crippen molar-refractivity contribution in [3.8, 4) is 0 Å². The van der Waals surface area contributed by atoms with Gasteiger partial charge in [0.25, 0.3) is 0 Å².